The van der Waals surface area contributed by atoms with E-state index in [9.17, 15) is 4.79 Å². The molecule has 1 aliphatic rings. The Morgan fingerprint density at radius 3 is 2.32 bits per heavy atom. The number of amides is 1. The number of carbonyl (C=O) groups excluding carboxylic acids is 1. The van der Waals surface area contributed by atoms with E-state index in [1.165, 1.54) is 5.56 Å². The molecule has 0 spiro atoms. The molecular weight excluding hydrogens is 354 g/mol. The standard InChI is InChI=1S/C23H29NO4/c1-23(2)15-24(14-17-12-20(27-4)21(28-5)13-18(17)23)22(25)11-10-16-8-6-7-9-19(16)26-3/h6-9,12-13H,10-11,14-15H2,1-5H3. The van der Waals surface area contributed by atoms with Gasteiger partial charge >= 0.3 is 0 Å². The Labute approximate surface area is 167 Å². The smallest absolute Gasteiger partial charge is 0.223 e. The van der Waals surface area contributed by atoms with Crippen LogP contribution in [0.5, 0.6) is 17.2 Å². The summed E-state index contributed by atoms with van der Waals surface area (Å²) < 4.78 is 16.3. The first kappa shape index (κ1) is 20.1. The average molecular weight is 383 g/mol. The zero-order chi connectivity index (χ0) is 20.3. The lowest BCUT2D eigenvalue weighted by molar-refractivity contribution is -0.133. The van der Waals surface area contributed by atoms with Crippen LogP contribution in [-0.4, -0.2) is 38.7 Å². The number of hydrogen-bond acceptors (Lipinski definition) is 4. The zero-order valence-corrected chi connectivity index (χ0v) is 17.4. The first-order valence-corrected chi connectivity index (χ1v) is 9.54. The fourth-order valence-corrected chi connectivity index (χ4v) is 3.99. The summed E-state index contributed by atoms with van der Waals surface area (Å²) >= 11 is 0. The third kappa shape index (κ3) is 3.93. The van der Waals surface area contributed by atoms with Crippen LogP contribution in [0.2, 0.25) is 0 Å². The van der Waals surface area contributed by atoms with Crippen molar-refractivity contribution in [1.29, 1.82) is 0 Å². The molecule has 0 atom stereocenters. The van der Waals surface area contributed by atoms with Crippen LogP contribution in [0, 0.1) is 0 Å². The molecule has 5 heteroatoms. The van der Waals surface area contributed by atoms with E-state index >= 15 is 0 Å². The van der Waals surface area contributed by atoms with Crippen LogP contribution in [0.25, 0.3) is 0 Å². The molecule has 2 aromatic carbocycles. The second kappa shape index (κ2) is 8.13. The highest BCUT2D eigenvalue weighted by Crippen LogP contribution is 2.40. The van der Waals surface area contributed by atoms with Crippen molar-refractivity contribution in [2.45, 2.75) is 38.6 Å². The maximum Gasteiger partial charge on any atom is 0.223 e. The minimum Gasteiger partial charge on any atom is -0.496 e. The topological polar surface area (TPSA) is 48.0 Å². The molecule has 2 aromatic rings. The van der Waals surface area contributed by atoms with Crippen molar-refractivity contribution in [3.05, 3.63) is 53.1 Å². The first-order valence-electron chi connectivity index (χ1n) is 9.54. The van der Waals surface area contributed by atoms with Gasteiger partial charge in [-0.25, -0.2) is 0 Å². The van der Waals surface area contributed by atoms with E-state index in [0.717, 1.165) is 22.6 Å². The number of ether oxygens (including phenoxy) is 3. The lowest BCUT2D eigenvalue weighted by Gasteiger charge is -2.40. The van der Waals surface area contributed by atoms with Crippen LogP contribution in [-0.2, 0) is 23.2 Å². The van der Waals surface area contributed by atoms with Gasteiger partial charge in [-0.2, -0.15) is 0 Å². The van der Waals surface area contributed by atoms with E-state index in [0.29, 0.717) is 31.7 Å². The average Bonchev–Trinajstić information content (AvgIpc) is 2.70. The highest BCUT2D eigenvalue weighted by atomic mass is 16.5. The fourth-order valence-electron chi connectivity index (χ4n) is 3.99. The molecule has 3 rings (SSSR count). The van der Waals surface area contributed by atoms with E-state index in [2.05, 4.69) is 13.8 Å². The maximum absolute atomic E-state index is 13.0. The molecule has 1 heterocycles. The Morgan fingerprint density at radius 2 is 1.64 bits per heavy atom. The Hall–Kier alpha value is -2.69. The summed E-state index contributed by atoms with van der Waals surface area (Å²) in [5.74, 6) is 2.40. The minimum atomic E-state index is -0.159. The molecule has 0 bridgehead atoms. The summed E-state index contributed by atoms with van der Waals surface area (Å²) in [6, 6.07) is 11.9. The monoisotopic (exact) mass is 383 g/mol. The first-order chi connectivity index (χ1) is 13.4. The van der Waals surface area contributed by atoms with Crippen molar-refractivity contribution < 1.29 is 19.0 Å². The fraction of sp³-hybridized carbons (Fsp3) is 0.435. The lowest BCUT2D eigenvalue weighted by Crippen LogP contribution is -2.45. The molecule has 0 saturated carbocycles. The Balaban J connectivity index is 1.78. The van der Waals surface area contributed by atoms with Crippen LogP contribution in [0.3, 0.4) is 0 Å². The van der Waals surface area contributed by atoms with Gasteiger partial charge in [0.1, 0.15) is 5.75 Å². The summed E-state index contributed by atoms with van der Waals surface area (Å²) in [6.07, 6.45) is 1.12. The lowest BCUT2D eigenvalue weighted by atomic mass is 9.78. The van der Waals surface area contributed by atoms with Crippen molar-refractivity contribution in [2.24, 2.45) is 0 Å². The highest BCUT2D eigenvalue weighted by Gasteiger charge is 2.35. The van der Waals surface area contributed by atoms with Crippen molar-refractivity contribution in [3.63, 3.8) is 0 Å². The molecule has 1 amide bonds. The van der Waals surface area contributed by atoms with Gasteiger partial charge in [0.2, 0.25) is 5.91 Å². The Bertz CT molecular complexity index is 860. The number of aryl methyl sites for hydroxylation is 1. The number of carbonyl (C=O) groups is 1. The minimum absolute atomic E-state index is 0.152. The number of rotatable bonds is 6. The van der Waals surface area contributed by atoms with Gasteiger partial charge in [0.05, 0.1) is 21.3 Å². The molecule has 0 N–H and O–H groups in total. The third-order valence-electron chi connectivity index (χ3n) is 5.44. The number of nitrogens with zero attached hydrogens (tertiary/aromatic N) is 1. The quantitative estimate of drug-likeness (QED) is 0.757. The summed E-state index contributed by atoms with van der Waals surface area (Å²) in [5, 5.41) is 0. The normalized spacial score (nSPS) is 15.0. The summed E-state index contributed by atoms with van der Waals surface area (Å²) in [7, 11) is 4.94. The summed E-state index contributed by atoms with van der Waals surface area (Å²) in [6.45, 7) is 5.60. The molecule has 0 unspecified atom stereocenters. The van der Waals surface area contributed by atoms with E-state index in [-0.39, 0.29) is 11.3 Å². The molecule has 28 heavy (non-hydrogen) atoms. The van der Waals surface area contributed by atoms with Crippen molar-refractivity contribution in [2.75, 3.05) is 27.9 Å². The molecule has 0 saturated heterocycles. The molecule has 1 aliphatic heterocycles. The molecule has 5 nitrogen and oxygen atoms in total. The van der Waals surface area contributed by atoms with Crippen LogP contribution in [0.4, 0.5) is 0 Å². The Kier molecular flexibility index (Phi) is 5.82. The molecule has 0 aliphatic carbocycles. The van der Waals surface area contributed by atoms with Gasteiger partial charge in [-0.3, -0.25) is 4.79 Å². The van der Waals surface area contributed by atoms with E-state index < -0.39 is 0 Å². The molecule has 0 aromatic heterocycles. The predicted octanol–water partition coefficient (Wildman–Crippen LogP) is 3.97. The largest absolute Gasteiger partial charge is 0.496 e. The van der Waals surface area contributed by atoms with Crippen LogP contribution in [0.1, 0.15) is 37.0 Å². The van der Waals surface area contributed by atoms with Gasteiger partial charge in [-0.05, 0) is 41.3 Å². The van der Waals surface area contributed by atoms with Gasteiger partial charge in [-0.15, -0.1) is 0 Å². The van der Waals surface area contributed by atoms with Crippen molar-refractivity contribution in [3.8, 4) is 17.2 Å². The third-order valence-corrected chi connectivity index (χ3v) is 5.44. The number of hydrogen-bond donors (Lipinski definition) is 0. The second-order valence-corrected chi connectivity index (χ2v) is 7.81. The van der Waals surface area contributed by atoms with Crippen molar-refractivity contribution >= 4 is 5.91 Å². The highest BCUT2D eigenvalue weighted by molar-refractivity contribution is 5.77. The van der Waals surface area contributed by atoms with Crippen molar-refractivity contribution in [1.82, 2.24) is 4.90 Å². The van der Waals surface area contributed by atoms with Gasteiger partial charge in [-0.1, -0.05) is 32.0 Å². The van der Waals surface area contributed by atoms with Gasteiger partial charge in [0.25, 0.3) is 0 Å². The van der Waals surface area contributed by atoms with Crippen LogP contribution in [0.15, 0.2) is 36.4 Å². The van der Waals surface area contributed by atoms with E-state index in [4.69, 9.17) is 14.2 Å². The van der Waals surface area contributed by atoms with Crippen LogP contribution >= 0.6 is 0 Å². The number of benzene rings is 2. The molecule has 0 radical (unpaired) electrons. The number of methoxy groups -OCH3 is 3. The maximum atomic E-state index is 13.0. The SMILES string of the molecule is COc1ccccc1CCC(=O)N1Cc2cc(OC)c(OC)cc2C(C)(C)C1. The molecule has 0 fully saturated rings. The van der Waals surface area contributed by atoms with Crippen LogP contribution < -0.4 is 14.2 Å². The predicted molar refractivity (Wildman–Crippen MR) is 109 cm³/mol. The Morgan fingerprint density at radius 1 is 1.00 bits per heavy atom. The van der Waals surface area contributed by atoms with Gasteiger partial charge in [0.15, 0.2) is 11.5 Å². The van der Waals surface area contributed by atoms with Gasteiger partial charge < -0.3 is 19.1 Å². The zero-order valence-electron chi connectivity index (χ0n) is 17.4. The molecular formula is C23H29NO4. The second-order valence-electron chi connectivity index (χ2n) is 7.81. The summed E-state index contributed by atoms with van der Waals surface area (Å²) in [5.41, 5.74) is 3.22. The summed E-state index contributed by atoms with van der Waals surface area (Å²) in [4.78, 5) is 14.9. The van der Waals surface area contributed by atoms with Gasteiger partial charge in [0, 0.05) is 24.9 Å². The van der Waals surface area contributed by atoms with E-state index in [1.54, 1.807) is 21.3 Å². The number of fused-ring (bicyclic) bond motifs is 1. The number of para-hydroxylation sites is 1. The van der Waals surface area contributed by atoms with E-state index in [1.807, 2.05) is 41.3 Å². The molecule has 150 valence electrons.